The summed E-state index contributed by atoms with van der Waals surface area (Å²) in [6, 6.07) is 15.3. The Labute approximate surface area is 131 Å². The summed E-state index contributed by atoms with van der Waals surface area (Å²) in [5.41, 5.74) is 2.01. The van der Waals surface area contributed by atoms with Crippen LogP contribution in [0.5, 0.6) is 11.5 Å². The third kappa shape index (κ3) is 5.13. The molecule has 1 N–H and O–H groups in total. The van der Waals surface area contributed by atoms with Crippen LogP contribution in [0.15, 0.2) is 48.5 Å². The number of amides is 1. The smallest absolute Gasteiger partial charge is 0.221 e. The molecule has 4 nitrogen and oxygen atoms in total. The molecule has 0 aliphatic heterocycles. The first-order valence-corrected chi connectivity index (χ1v) is 7.39. The Hall–Kier alpha value is -2.49. The van der Waals surface area contributed by atoms with Gasteiger partial charge in [-0.25, -0.2) is 0 Å². The summed E-state index contributed by atoms with van der Waals surface area (Å²) < 4.78 is 11.3. The van der Waals surface area contributed by atoms with E-state index in [1.807, 2.05) is 42.5 Å². The van der Waals surface area contributed by atoms with Gasteiger partial charge in [0.25, 0.3) is 0 Å². The number of carbonyl (C=O) groups is 1. The average molecular weight is 299 g/mol. The number of anilines is 1. The molecule has 0 aliphatic rings. The second-order valence-electron chi connectivity index (χ2n) is 4.90. The van der Waals surface area contributed by atoms with Crippen LogP contribution in [-0.4, -0.2) is 19.1 Å². The fourth-order valence-electron chi connectivity index (χ4n) is 2.01. The lowest BCUT2D eigenvalue weighted by Gasteiger charge is -2.10. The van der Waals surface area contributed by atoms with Gasteiger partial charge in [0.15, 0.2) is 0 Å². The van der Waals surface area contributed by atoms with Crippen LogP contribution in [0.3, 0.4) is 0 Å². The highest BCUT2D eigenvalue weighted by atomic mass is 16.5. The number of hydrogen-bond donors (Lipinski definition) is 1. The van der Waals surface area contributed by atoms with E-state index in [0.717, 1.165) is 23.6 Å². The van der Waals surface area contributed by atoms with Gasteiger partial charge >= 0.3 is 0 Å². The molecule has 0 unspecified atom stereocenters. The third-order valence-electron chi connectivity index (χ3n) is 3.10. The predicted octanol–water partition coefficient (Wildman–Crippen LogP) is 3.67. The SMILES string of the molecule is CCc1cccc(OCCOc2ccc(NC(C)=O)cc2)c1. The van der Waals surface area contributed by atoms with Crippen LogP contribution in [0.4, 0.5) is 5.69 Å². The Bertz CT molecular complexity index is 608. The summed E-state index contributed by atoms with van der Waals surface area (Å²) in [6.45, 7) is 4.55. The van der Waals surface area contributed by atoms with Gasteiger partial charge in [-0.05, 0) is 48.4 Å². The highest BCUT2D eigenvalue weighted by Gasteiger charge is 1.99. The maximum absolute atomic E-state index is 10.9. The van der Waals surface area contributed by atoms with Crippen LogP contribution in [0.25, 0.3) is 0 Å². The first-order valence-electron chi connectivity index (χ1n) is 7.39. The van der Waals surface area contributed by atoms with Crippen molar-refractivity contribution in [2.45, 2.75) is 20.3 Å². The molecule has 22 heavy (non-hydrogen) atoms. The molecular formula is C18H21NO3. The standard InChI is InChI=1S/C18H21NO3/c1-3-15-5-4-6-18(13-15)22-12-11-21-17-9-7-16(8-10-17)19-14(2)20/h4-10,13H,3,11-12H2,1-2H3,(H,19,20). The maximum Gasteiger partial charge on any atom is 0.221 e. The van der Waals surface area contributed by atoms with E-state index in [9.17, 15) is 4.79 Å². The van der Waals surface area contributed by atoms with E-state index in [1.165, 1.54) is 12.5 Å². The molecular weight excluding hydrogens is 278 g/mol. The minimum Gasteiger partial charge on any atom is -0.490 e. The Morgan fingerprint density at radius 2 is 1.68 bits per heavy atom. The lowest BCUT2D eigenvalue weighted by Crippen LogP contribution is -2.09. The maximum atomic E-state index is 10.9. The third-order valence-corrected chi connectivity index (χ3v) is 3.10. The van der Waals surface area contributed by atoms with Crippen LogP contribution in [-0.2, 0) is 11.2 Å². The summed E-state index contributed by atoms with van der Waals surface area (Å²) in [6.07, 6.45) is 0.994. The molecule has 1 amide bonds. The number of aryl methyl sites for hydroxylation is 1. The zero-order valence-corrected chi connectivity index (χ0v) is 13.0. The van der Waals surface area contributed by atoms with Gasteiger partial charge in [0.1, 0.15) is 24.7 Å². The van der Waals surface area contributed by atoms with E-state index in [1.54, 1.807) is 0 Å². The number of benzene rings is 2. The molecule has 0 aliphatic carbocycles. The highest BCUT2D eigenvalue weighted by molar-refractivity contribution is 5.88. The van der Waals surface area contributed by atoms with Crippen molar-refractivity contribution in [2.24, 2.45) is 0 Å². The van der Waals surface area contributed by atoms with Crippen LogP contribution in [0.1, 0.15) is 19.4 Å². The first-order chi connectivity index (χ1) is 10.7. The lowest BCUT2D eigenvalue weighted by atomic mass is 10.2. The van der Waals surface area contributed by atoms with Crippen molar-refractivity contribution in [2.75, 3.05) is 18.5 Å². The van der Waals surface area contributed by atoms with E-state index in [2.05, 4.69) is 18.3 Å². The lowest BCUT2D eigenvalue weighted by molar-refractivity contribution is -0.114. The van der Waals surface area contributed by atoms with Gasteiger partial charge in [0.05, 0.1) is 0 Å². The molecule has 0 radical (unpaired) electrons. The number of rotatable bonds is 7. The average Bonchev–Trinajstić information content (AvgIpc) is 2.53. The van der Waals surface area contributed by atoms with Crippen LogP contribution in [0, 0.1) is 0 Å². The second-order valence-corrected chi connectivity index (χ2v) is 4.90. The number of ether oxygens (including phenoxy) is 2. The quantitative estimate of drug-likeness (QED) is 0.794. The molecule has 0 aromatic heterocycles. The van der Waals surface area contributed by atoms with Gasteiger partial charge in [-0.3, -0.25) is 4.79 Å². The molecule has 0 atom stereocenters. The van der Waals surface area contributed by atoms with E-state index >= 15 is 0 Å². The molecule has 4 heteroatoms. The zero-order chi connectivity index (χ0) is 15.8. The molecule has 0 heterocycles. The molecule has 2 rings (SSSR count). The van der Waals surface area contributed by atoms with Crippen molar-refractivity contribution in [1.29, 1.82) is 0 Å². The van der Waals surface area contributed by atoms with Gasteiger partial charge in [-0.1, -0.05) is 19.1 Å². The molecule has 0 spiro atoms. The second kappa shape index (κ2) is 8.08. The van der Waals surface area contributed by atoms with Crippen molar-refractivity contribution in [3.05, 3.63) is 54.1 Å². The Morgan fingerprint density at radius 1 is 1.00 bits per heavy atom. The minimum atomic E-state index is -0.0867. The van der Waals surface area contributed by atoms with Crippen molar-refractivity contribution >= 4 is 11.6 Å². The summed E-state index contributed by atoms with van der Waals surface area (Å²) in [5, 5.41) is 2.71. The van der Waals surface area contributed by atoms with Crippen molar-refractivity contribution < 1.29 is 14.3 Å². The number of carbonyl (C=O) groups excluding carboxylic acids is 1. The van der Waals surface area contributed by atoms with E-state index in [-0.39, 0.29) is 5.91 Å². The fraction of sp³-hybridized carbons (Fsp3) is 0.278. The van der Waals surface area contributed by atoms with E-state index < -0.39 is 0 Å². The Kier molecular flexibility index (Phi) is 5.83. The summed E-state index contributed by atoms with van der Waals surface area (Å²) >= 11 is 0. The van der Waals surface area contributed by atoms with Crippen LogP contribution >= 0.6 is 0 Å². The monoisotopic (exact) mass is 299 g/mol. The molecule has 2 aromatic carbocycles. The van der Waals surface area contributed by atoms with E-state index in [4.69, 9.17) is 9.47 Å². The van der Waals surface area contributed by atoms with Crippen LogP contribution < -0.4 is 14.8 Å². The van der Waals surface area contributed by atoms with Crippen molar-refractivity contribution in [3.8, 4) is 11.5 Å². The highest BCUT2D eigenvalue weighted by Crippen LogP contribution is 2.16. The largest absolute Gasteiger partial charge is 0.490 e. The van der Waals surface area contributed by atoms with Crippen molar-refractivity contribution in [3.63, 3.8) is 0 Å². The Balaban J connectivity index is 1.75. The molecule has 0 fully saturated rings. The molecule has 0 saturated carbocycles. The van der Waals surface area contributed by atoms with Gasteiger partial charge < -0.3 is 14.8 Å². The molecule has 116 valence electrons. The van der Waals surface area contributed by atoms with Gasteiger partial charge in [-0.2, -0.15) is 0 Å². The predicted molar refractivity (Wildman–Crippen MR) is 87.6 cm³/mol. The van der Waals surface area contributed by atoms with Crippen molar-refractivity contribution in [1.82, 2.24) is 0 Å². The summed E-state index contributed by atoms with van der Waals surface area (Å²) in [7, 11) is 0. The molecule has 0 bridgehead atoms. The minimum absolute atomic E-state index is 0.0867. The van der Waals surface area contributed by atoms with Gasteiger partial charge in [0.2, 0.25) is 5.91 Å². The number of nitrogens with one attached hydrogen (secondary N) is 1. The summed E-state index contributed by atoms with van der Waals surface area (Å²) in [4.78, 5) is 10.9. The Morgan fingerprint density at radius 3 is 2.32 bits per heavy atom. The molecule has 2 aromatic rings. The first kappa shape index (κ1) is 15.9. The van der Waals surface area contributed by atoms with E-state index in [0.29, 0.717) is 13.2 Å². The zero-order valence-electron chi connectivity index (χ0n) is 13.0. The normalized spacial score (nSPS) is 10.1. The van der Waals surface area contributed by atoms with Crippen LogP contribution in [0.2, 0.25) is 0 Å². The van der Waals surface area contributed by atoms with Gasteiger partial charge in [-0.15, -0.1) is 0 Å². The fourth-order valence-corrected chi connectivity index (χ4v) is 2.01. The molecule has 0 saturated heterocycles. The number of hydrogen-bond acceptors (Lipinski definition) is 3. The summed E-state index contributed by atoms with van der Waals surface area (Å²) in [5.74, 6) is 1.53. The topological polar surface area (TPSA) is 47.6 Å². The van der Waals surface area contributed by atoms with Gasteiger partial charge in [0, 0.05) is 12.6 Å².